The maximum absolute atomic E-state index is 13.2. The molecule has 1 amide bonds. The van der Waals surface area contributed by atoms with Crippen LogP contribution in [0.25, 0.3) is 0 Å². The van der Waals surface area contributed by atoms with Crippen LogP contribution < -0.4 is 0 Å². The Hall–Kier alpha value is -2.24. The fourth-order valence-electron chi connectivity index (χ4n) is 3.63. The van der Waals surface area contributed by atoms with E-state index in [9.17, 15) is 9.18 Å². The van der Waals surface area contributed by atoms with Crippen LogP contribution in [0.15, 0.2) is 28.9 Å². The quantitative estimate of drug-likeness (QED) is 0.874. The van der Waals surface area contributed by atoms with Crippen molar-refractivity contribution in [1.82, 2.24) is 15.2 Å². The van der Waals surface area contributed by atoms with E-state index in [1.807, 2.05) is 11.8 Å². The summed E-state index contributed by atoms with van der Waals surface area (Å²) in [6.07, 6.45) is 3.45. The van der Waals surface area contributed by atoms with Crippen molar-refractivity contribution in [3.63, 3.8) is 0 Å². The molecule has 120 valence electrons. The van der Waals surface area contributed by atoms with Crippen LogP contribution >= 0.6 is 0 Å². The molecule has 0 N–H and O–H groups in total. The average Bonchev–Trinajstić information content (AvgIpc) is 3.02. The summed E-state index contributed by atoms with van der Waals surface area (Å²) < 4.78 is 18.0. The summed E-state index contributed by atoms with van der Waals surface area (Å²) in [5, 5.41) is 7.82. The van der Waals surface area contributed by atoms with Gasteiger partial charge in [-0.1, -0.05) is 22.4 Å². The predicted molar refractivity (Wildman–Crippen MR) is 80.0 cm³/mol. The molecule has 4 rings (SSSR count). The molecule has 0 radical (unpaired) electrons. The minimum Gasteiger partial charge on any atom is -0.333 e. The summed E-state index contributed by atoms with van der Waals surface area (Å²) in [6.45, 7) is 2.57. The average molecular weight is 315 g/mol. The molecular formula is C17H18FN3O2. The van der Waals surface area contributed by atoms with Crippen LogP contribution in [0.1, 0.15) is 48.7 Å². The molecule has 23 heavy (non-hydrogen) atoms. The Bertz CT molecular complexity index is 737. The molecule has 5 nitrogen and oxygen atoms in total. The van der Waals surface area contributed by atoms with Gasteiger partial charge in [0.2, 0.25) is 5.91 Å². The lowest BCUT2D eigenvalue weighted by Crippen LogP contribution is -2.39. The van der Waals surface area contributed by atoms with Crippen LogP contribution in [0, 0.1) is 12.7 Å². The van der Waals surface area contributed by atoms with Crippen LogP contribution in [0.4, 0.5) is 4.39 Å². The normalized spacial score (nSPS) is 22.3. The van der Waals surface area contributed by atoms with Gasteiger partial charge in [0.1, 0.15) is 17.2 Å². The van der Waals surface area contributed by atoms with Crippen LogP contribution in [0.2, 0.25) is 0 Å². The van der Waals surface area contributed by atoms with E-state index in [1.165, 1.54) is 12.1 Å². The van der Waals surface area contributed by atoms with Crippen molar-refractivity contribution < 1.29 is 13.8 Å². The van der Waals surface area contributed by atoms with Crippen LogP contribution in [-0.2, 0) is 10.2 Å². The minimum atomic E-state index is -0.485. The Morgan fingerprint density at radius 3 is 2.65 bits per heavy atom. The van der Waals surface area contributed by atoms with Crippen LogP contribution in [-0.4, -0.2) is 27.7 Å². The standard InChI is InChI=1S/C17H18FN3O2/c1-11-15(20-23-19-11)14-3-2-10-21(14)16(22)17(8-9-17)12-4-6-13(18)7-5-12/h4-7,14H,2-3,8-10H2,1H3/t14-/m0/s1. The summed E-state index contributed by atoms with van der Waals surface area (Å²) >= 11 is 0. The SMILES string of the molecule is Cc1nonc1[C@@H]1CCCN1C(=O)C1(c2ccc(F)cc2)CC1. The van der Waals surface area contributed by atoms with Crippen molar-refractivity contribution in [3.8, 4) is 0 Å². The van der Waals surface area contributed by atoms with Crippen molar-refractivity contribution in [3.05, 3.63) is 47.0 Å². The highest BCUT2D eigenvalue weighted by molar-refractivity contribution is 5.91. The molecule has 2 aliphatic rings. The third-order valence-corrected chi connectivity index (χ3v) is 5.07. The number of halogens is 1. The molecule has 1 aliphatic heterocycles. The van der Waals surface area contributed by atoms with E-state index in [2.05, 4.69) is 10.3 Å². The van der Waals surface area contributed by atoms with E-state index in [0.29, 0.717) is 0 Å². The Morgan fingerprint density at radius 2 is 2.04 bits per heavy atom. The van der Waals surface area contributed by atoms with Gasteiger partial charge in [0, 0.05) is 6.54 Å². The summed E-state index contributed by atoms with van der Waals surface area (Å²) in [5.74, 6) is -0.158. The van der Waals surface area contributed by atoms with Gasteiger partial charge in [0.25, 0.3) is 0 Å². The van der Waals surface area contributed by atoms with E-state index in [-0.39, 0.29) is 17.8 Å². The number of aromatic nitrogens is 2. The van der Waals surface area contributed by atoms with Gasteiger partial charge in [0.05, 0.1) is 11.5 Å². The van der Waals surface area contributed by atoms with E-state index >= 15 is 0 Å². The number of benzene rings is 1. The van der Waals surface area contributed by atoms with Crippen molar-refractivity contribution in [2.75, 3.05) is 6.54 Å². The molecule has 1 aliphatic carbocycles. The first-order valence-corrected chi connectivity index (χ1v) is 7.98. The summed E-state index contributed by atoms with van der Waals surface area (Å²) in [6, 6.07) is 6.25. The van der Waals surface area contributed by atoms with E-state index in [1.54, 1.807) is 12.1 Å². The zero-order valence-electron chi connectivity index (χ0n) is 13.0. The van der Waals surface area contributed by atoms with Crippen molar-refractivity contribution >= 4 is 5.91 Å². The summed E-state index contributed by atoms with van der Waals surface area (Å²) in [7, 11) is 0. The summed E-state index contributed by atoms with van der Waals surface area (Å²) in [4.78, 5) is 15.1. The highest BCUT2D eigenvalue weighted by Crippen LogP contribution is 2.51. The molecule has 2 aromatic rings. The molecule has 2 heterocycles. The number of carbonyl (C=O) groups is 1. The number of nitrogens with zero attached hydrogens (tertiary/aromatic N) is 3. The second kappa shape index (κ2) is 5.15. The smallest absolute Gasteiger partial charge is 0.233 e. The Kier molecular flexibility index (Phi) is 3.21. The number of hydrogen-bond acceptors (Lipinski definition) is 4. The highest BCUT2D eigenvalue weighted by Gasteiger charge is 2.54. The van der Waals surface area contributed by atoms with Gasteiger partial charge in [-0.2, -0.15) is 0 Å². The van der Waals surface area contributed by atoms with Crippen molar-refractivity contribution in [2.24, 2.45) is 0 Å². The van der Waals surface area contributed by atoms with Gasteiger partial charge < -0.3 is 4.90 Å². The lowest BCUT2D eigenvalue weighted by molar-refractivity contribution is -0.135. The molecule has 1 saturated heterocycles. The lowest BCUT2D eigenvalue weighted by atomic mass is 9.93. The number of amides is 1. The number of hydrogen-bond donors (Lipinski definition) is 0. The Morgan fingerprint density at radius 1 is 1.30 bits per heavy atom. The van der Waals surface area contributed by atoms with Gasteiger partial charge in [0.15, 0.2) is 0 Å². The van der Waals surface area contributed by atoms with E-state index in [0.717, 1.165) is 49.2 Å². The zero-order chi connectivity index (χ0) is 16.0. The predicted octanol–water partition coefficient (Wildman–Crippen LogP) is 2.91. The first kappa shape index (κ1) is 14.4. The fourth-order valence-corrected chi connectivity index (χ4v) is 3.63. The molecule has 0 spiro atoms. The lowest BCUT2D eigenvalue weighted by Gasteiger charge is -2.28. The number of likely N-dealkylation sites (tertiary alicyclic amines) is 1. The molecule has 0 unspecified atom stereocenters. The van der Waals surface area contributed by atoms with Crippen molar-refractivity contribution in [2.45, 2.75) is 44.1 Å². The second-order valence-electron chi connectivity index (χ2n) is 6.48. The Balaban J connectivity index is 1.63. The van der Waals surface area contributed by atoms with E-state index in [4.69, 9.17) is 4.63 Å². The third kappa shape index (κ3) is 2.24. The van der Waals surface area contributed by atoms with Gasteiger partial charge >= 0.3 is 0 Å². The fraction of sp³-hybridized carbons (Fsp3) is 0.471. The maximum atomic E-state index is 13.2. The third-order valence-electron chi connectivity index (χ3n) is 5.07. The topological polar surface area (TPSA) is 59.2 Å². The summed E-state index contributed by atoms with van der Waals surface area (Å²) in [5.41, 5.74) is 1.91. The molecule has 1 saturated carbocycles. The molecule has 2 fully saturated rings. The van der Waals surface area contributed by atoms with Crippen LogP contribution in [0.5, 0.6) is 0 Å². The van der Waals surface area contributed by atoms with E-state index < -0.39 is 5.41 Å². The van der Waals surface area contributed by atoms with Gasteiger partial charge in [-0.3, -0.25) is 4.79 Å². The van der Waals surface area contributed by atoms with Crippen LogP contribution in [0.3, 0.4) is 0 Å². The largest absolute Gasteiger partial charge is 0.333 e. The molecular weight excluding hydrogens is 297 g/mol. The molecule has 6 heteroatoms. The van der Waals surface area contributed by atoms with Gasteiger partial charge in [-0.15, -0.1) is 0 Å². The zero-order valence-corrected chi connectivity index (χ0v) is 13.0. The molecule has 1 atom stereocenters. The maximum Gasteiger partial charge on any atom is 0.233 e. The molecule has 0 bridgehead atoms. The minimum absolute atomic E-state index is 0.0633. The monoisotopic (exact) mass is 315 g/mol. The second-order valence-corrected chi connectivity index (χ2v) is 6.48. The molecule has 1 aromatic heterocycles. The molecule has 1 aromatic carbocycles. The highest BCUT2D eigenvalue weighted by atomic mass is 19.1. The Labute approximate surface area is 133 Å². The number of rotatable bonds is 3. The van der Waals surface area contributed by atoms with Gasteiger partial charge in [-0.05, 0) is 50.3 Å². The first-order chi connectivity index (χ1) is 11.1. The van der Waals surface area contributed by atoms with Gasteiger partial charge in [-0.25, -0.2) is 9.02 Å². The number of carbonyl (C=O) groups excluding carboxylic acids is 1. The number of aryl methyl sites for hydroxylation is 1. The van der Waals surface area contributed by atoms with Crippen molar-refractivity contribution in [1.29, 1.82) is 0 Å². The first-order valence-electron chi connectivity index (χ1n) is 7.98.